The lowest BCUT2D eigenvalue weighted by Gasteiger charge is -2.26. The standard InChI is InChI=1S/C29H32N2O5S/c1-8-36-27(33)23-17(2)30-28-31(24(23)18-12-14-20(15-13-18)29(3,4)5)26(32)22(37-28)16-19-10-9-11-21(34-6)25(19)35-7/h9-16,24H,8H2,1-7H3/b22-16-/t24-/m1/s1. The first-order valence-electron chi connectivity index (χ1n) is 12.1. The summed E-state index contributed by atoms with van der Waals surface area (Å²) in [5, 5.41) is 0. The number of carbonyl (C=O) groups is 1. The van der Waals surface area contributed by atoms with Crippen LogP contribution in [0.25, 0.3) is 6.08 Å². The van der Waals surface area contributed by atoms with E-state index < -0.39 is 12.0 Å². The average molecular weight is 521 g/mol. The zero-order chi connectivity index (χ0) is 26.9. The lowest BCUT2D eigenvalue weighted by atomic mass is 9.85. The Hall–Kier alpha value is -3.65. The van der Waals surface area contributed by atoms with Crippen LogP contribution in [0.3, 0.4) is 0 Å². The summed E-state index contributed by atoms with van der Waals surface area (Å²) in [6.45, 7) is 10.2. The molecular formula is C29H32N2O5S. The summed E-state index contributed by atoms with van der Waals surface area (Å²) in [6, 6.07) is 12.9. The minimum absolute atomic E-state index is 0.0293. The number of para-hydroxylation sites is 1. The van der Waals surface area contributed by atoms with E-state index in [-0.39, 0.29) is 17.6 Å². The van der Waals surface area contributed by atoms with E-state index in [9.17, 15) is 9.59 Å². The van der Waals surface area contributed by atoms with Crippen molar-refractivity contribution in [1.29, 1.82) is 0 Å². The van der Waals surface area contributed by atoms with Gasteiger partial charge in [-0.1, -0.05) is 68.5 Å². The van der Waals surface area contributed by atoms with Crippen molar-refractivity contribution in [1.82, 2.24) is 4.57 Å². The van der Waals surface area contributed by atoms with Crippen LogP contribution in [0.1, 0.15) is 57.4 Å². The first-order chi connectivity index (χ1) is 17.6. The first kappa shape index (κ1) is 26.4. The van der Waals surface area contributed by atoms with E-state index in [2.05, 4.69) is 25.8 Å². The molecule has 1 aromatic heterocycles. The van der Waals surface area contributed by atoms with Crippen molar-refractivity contribution in [3.63, 3.8) is 0 Å². The number of esters is 1. The summed E-state index contributed by atoms with van der Waals surface area (Å²) in [7, 11) is 3.13. The number of allylic oxidation sites excluding steroid dienone is 1. The van der Waals surface area contributed by atoms with Gasteiger partial charge in [-0.05, 0) is 42.5 Å². The molecule has 8 heteroatoms. The van der Waals surface area contributed by atoms with Crippen LogP contribution in [0.5, 0.6) is 11.5 Å². The number of ether oxygens (including phenoxy) is 3. The molecule has 37 heavy (non-hydrogen) atoms. The van der Waals surface area contributed by atoms with Gasteiger partial charge in [-0.25, -0.2) is 9.79 Å². The monoisotopic (exact) mass is 520 g/mol. The van der Waals surface area contributed by atoms with Crippen LogP contribution in [-0.2, 0) is 14.9 Å². The molecule has 2 aromatic carbocycles. The van der Waals surface area contributed by atoms with Gasteiger partial charge in [0.1, 0.15) is 0 Å². The molecule has 2 heterocycles. The van der Waals surface area contributed by atoms with Gasteiger partial charge in [0.05, 0.1) is 42.7 Å². The number of carbonyl (C=O) groups excluding carboxylic acids is 1. The molecule has 194 valence electrons. The second kappa shape index (κ2) is 10.4. The number of rotatable bonds is 6. The van der Waals surface area contributed by atoms with Crippen molar-refractivity contribution in [3.8, 4) is 11.5 Å². The maximum atomic E-state index is 13.9. The molecule has 0 N–H and O–H groups in total. The third kappa shape index (κ3) is 4.98. The molecule has 0 bridgehead atoms. The molecule has 0 spiro atoms. The average Bonchev–Trinajstić information content (AvgIpc) is 3.16. The van der Waals surface area contributed by atoms with Crippen molar-refractivity contribution >= 4 is 23.4 Å². The SMILES string of the molecule is CCOC(=O)C1=C(C)N=c2s/c(=C\c3cccc(OC)c3OC)c(=O)n2[C@@H]1c1ccc(C(C)(C)C)cc1. The van der Waals surface area contributed by atoms with Crippen molar-refractivity contribution < 1.29 is 19.0 Å². The highest BCUT2D eigenvalue weighted by Crippen LogP contribution is 2.33. The Morgan fingerprint density at radius 3 is 2.41 bits per heavy atom. The van der Waals surface area contributed by atoms with Gasteiger partial charge in [-0.15, -0.1) is 0 Å². The maximum absolute atomic E-state index is 13.9. The number of methoxy groups -OCH3 is 2. The van der Waals surface area contributed by atoms with Crippen molar-refractivity contribution in [3.05, 3.63) is 90.1 Å². The molecule has 1 atom stereocenters. The molecule has 0 unspecified atom stereocenters. The van der Waals surface area contributed by atoms with Crippen LogP contribution in [0.4, 0.5) is 0 Å². The number of fused-ring (bicyclic) bond motifs is 1. The molecule has 0 saturated carbocycles. The molecule has 1 aliphatic rings. The fourth-order valence-corrected chi connectivity index (χ4v) is 5.48. The van der Waals surface area contributed by atoms with Crippen LogP contribution >= 0.6 is 11.3 Å². The molecule has 4 rings (SSSR count). The fraction of sp³-hybridized carbons (Fsp3) is 0.345. The number of aromatic nitrogens is 1. The highest BCUT2D eigenvalue weighted by molar-refractivity contribution is 7.07. The zero-order valence-electron chi connectivity index (χ0n) is 22.2. The van der Waals surface area contributed by atoms with Crippen LogP contribution in [-0.4, -0.2) is 31.4 Å². The van der Waals surface area contributed by atoms with E-state index in [1.54, 1.807) is 44.8 Å². The molecule has 0 saturated heterocycles. The second-order valence-electron chi connectivity index (χ2n) is 9.76. The van der Waals surface area contributed by atoms with Gasteiger partial charge in [0, 0.05) is 5.56 Å². The molecular weight excluding hydrogens is 488 g/mol. The number of hydrogen-bond donors (Lipinski definition) is 0. The highest BCUT2D eigenvalue weighted by atomic mass is 32.1. The molecule has 1 aliphatic heterocycles. The van der Waals surface area contributed by atoms with Crippen molar-refractivity contribution in [2.45, 2.75) is 46.1 Å². The molecule has 0 radical (unpaired) electrons. The summed E-state index contributed by atoms with van der Waals surface area (Å²) >= 11 is 1.27. The van der Waals surface area contributed by atoms with E-state index >= 15 is 0 Å². The third-order valence-corrected chi connectivity index (χ3v) is 7.31. The molecule has 0 aliphatic carbocycles. The molecule has 0 fully saturated rings. The fourth-order valence-electron chi connectivity index (χ4n) is 4.44. The van der Waals surface area contributed by atoms with E-state index in [0.29, 0.717) is 37.7 Å². The summed E-state index contributed by atoms with van der Waals surface area (Å²) in [4.78, 5) is 32.1. The normalized spacial score (nSPS) is 15.8. The molecule has 3 aromatic rings. The summed E-state index contributed by atoms with van der Waals surface area (Å²) in [6.07, 6.45) is 1.77. The van der Waals surface area contributed by atoms with Gasteiger partial charge in [0.25, 0.3) is 5.56 Å². The first-order valence-corrected chi connectivity index (χ1v) is 12.9. The quantitative estimate of drug-likeness (QED) is 0.457. The largest absolute Gasteiger partial charge is 0.493 e. The van der Waals surface area contributed by atoms with Crippen LogP contribution in [0, 0.1) is 0 Å². The lowest BCUT2D eigenvalue weighted by Crippen LogP contribution is -2.40. The Bertz CT molecular complexity index is 1540. The third-order valence-electron chi connectivity index (χ3n) is 6.33. The van der Waals surface area contributed by atoms with E-state index in [0.717, 1.165) is 11.1 Å². The minimum atomic E-state index is -0.654. The van der Waals surface area contributed by atoms with Crippen molar-refractivity contribution in [2.75, 3.05) is 20.8 Å². The summed E-state index contributed by atoms with van der Waals surface area (Å²) in [5.41, 5.74) is 3.31. The highest BCUT2D eigenvalue weighted by Gasteiger charge is 2.33. The van der Waals surface area contributed by atoms with Gasteiger partial charge < -0.3 is 14.2 Å². The van der Waals surface area contributed by atoms with Gasteiger partial charge in [-0.3, -0.25) is 9.36 Å². The number of thiazole rings is 1. The Morgan fingerprint density at radius 2 is 1.81 bits per heavy atom. The van der Waals surface area contributed by atoms with Gasteiger partial charge in [0.15, 0.2) is 16.3 Å². The smallest absolute Gasteiger partial charge is 0.338 e. The summed E-state index contributed by atoms with van der Waals surface area (Å²) < 4.78 is 18.4. The Morgan fingerprint density at radius 1 is 1.11 bits per heavy atom. The topological polar surface area (TPSA) is 79.1 Å². The predicted octanol–water partition coefficient (Wildman–Crippen LogP) is 4.11. The maximum Gasteiger partial charge on any atom is 0.338 e. The van der Waals surface area contributed by atoms with E-state index in [1.807, 2.05) is 36.4 Å². The van der Waals surface area contributed by atoms with E-state index in [1.165, 1.54) is 11.3 Å². The Labute approximate surface area is 220 Å². The lowest BCUT2D eigenvalue weighted by molar-refractivity contribution is -0.139. The van der Waals surface area contributed by atoms with Crippen LogP contribution in [0.15, 0.2) is 63.5 Å². The zero-order valence-corrected chi connectivity index (χ0v) is 23.1. The Balaban J connectivity index is 1.95. The number of nitrogens with zero attached hydrogens (tertiary/aromatic N) is 2. The van der Waals surface area contributed by atoms with Gasteiger partial charge in [0.2, 0.25) is 0 Å². The van der Waals surface area contributed by atoms with Crippen LogP contribution in [0.2, 0.25) is 0 Å². The predicted molar refractivity (Wildman–Crippen MR) is 145 cm³/mol. The summed E-state index contributed by atoms with van der Waals surface area (Å²) in [5.74, 6) is 0.632. The van der Waals surface area contributed by atoms with Crippen LogP contribution < -0.4 is 24.4 Å². The van der Waals surface area contributed by atoms with Crippen molar-refractivity contribution in [2.24, 2.45) is 4.99 Å². The number of benzene rings is 2. The second-order valence-corrected chi connectivity index (χ2v) is 10.8. The molecule has 7 nitrogen and oxygen atoms in total. The van der Waals surface area contributed by atoms with Gasteiger partial charge >= 0.3 is 5.97 Å². The molecule has 0 amide bonds. The van der Waals surface area contributed by atoms with E-state index in [4.69, 9.17) is 14.2 Å². The number of hydrogen-bond acceptors (Lipinski definition) is 7. The Kier molecular flexibility index (Phi) is 7.41. The van der Waals surface area contributed by atoms with Gasteiger partial charge in [-0.2, -0.15) is 0 Å². The minimum Gasteiger partial charge on any atom is -0.493 e.